The summed E-state index contributed by atoms with van der Waals surface area (Å²) in [5.41, 5.74) is 6.87. The zero-order valence-corrected chi connectivity index (χ0v) is 22.6. The molecule has 41 heavy (non-hydrogen) atoms. The molecule has 0 radical (unpaired) electrons. The number of hydrogen-bond acceptors (Lipinski definition) is 8. The van der Waals surface area contributed by atoms with Crippen molar-refractivity contribution in [1.82, 2.24) is 15.1 Å². The maximum atomic E-state index is 14.9. The number of carbonyl (C=O) groups is 1. The number of amides is 1. The molecule has 13 heteroatoms. The van der Waals surface area contributed by atoms with Crippen molar-refractivity contribution in [2.24, 2.45) is 10.7 Å². The molecule has 1 amide bonds. The highest BCUT2D eigenvalue weighted by molar-refractivity contribution is 6.16. The predicted octanol–water partition coefficient (Wildman–Crippen LogP) is 2.90. The smallest absolute Gasteiger partial charge is 0.239 e. The Balaban J connectivity index is 1.42. The number of primary amides is 1. The van der Waals surface area contributed by atoms with Crippen LogP contribution >= 0.6 is 0 Å². The van der Waals surface area contributed by atoms with E-state index in [0.29, 0.717) is 53.5 Å². The fraction of sp³-hybridized carbons (Fsp3) is 0.393. The van der Waals surface area contributed by atoms with Gasteiger partial charge in [-0.1, -0.05) is 6.07 Å². The van der Waals surface area contributed by atoms with Crippen LogP contribution in [0.3, 0.4) is 0 Å². The molecule has 1 aliphatic heterocycles. The van der Waals surface area contributed by atoms with E-state index in [9.17, 15) is 18.7 Å². The van der Waals surface area contributed by atoms with E-state index in [1.165, 1.54) is 41.2 Å². The maximum absolute atomic E-state index is 14.9. The number of fused-ring (bicyclic) bond motifs is 1. The average Bonchev–Trinajstić information content (AvgIpc) is 3.39. The largest absolute Gasteiger partial charge is 0.493 e. The maximum Gasteiger partial charge on any atom is 0.239 e. The molecule has 1 fully saturated rings. The summed E-state index contributed by atoms with van der Waals surface area (Å²) >= 11 is 0. The van der Waals surface area contributed by atoms with Gasteiger partial charge in [0.2, 0.25) is 5.91 Å². The number of nitrogens with zero attached hydrogens (tertiary/aromatic N) is 4. The summed E-state index contributed by atoms with van der Waals surface area (Å²) in [6.45, 7) is 0.984. The molecule has 2 heterocycles. The molecule has 5 rings (SSSR count). The van der Waals surface area contributed by atoms with E-state index in [2.05, 4.69) is 15.7 Å². The summed E-state index contributed by atoms with van der Waals surface area (Å²) < 4.78 is 42.1. The highest BCUT2D eigenvalue weighted by Crippen LogP contribution is 2.38. The SMILES string of the molecule is COc1cc2c(cc1OCCNC1CCC(O)CC1)NCN(c1cccc(F)c1F)C2=Nc1cnn(CC(N)=O)c1. The summed E-state index contributed by atoms with van der Waals surface area (Å²) in [6, 6.07) is 7.81. The number of nitrogens with one attached hydrogen (secondary N) is 2. The van der Waals surface area contributed by atoms with Crippen molar-refractivity contribution in [3.05, 3.63) is 59.9 Å². The number of aliphatic imine (C=N–C) groups is 1. The van der Waals surface area contributed by atoms with Gasteiger partial charge in [0.25, 0.3) is 0 Å². The van der Waals surface area contributed by atoms with Crippen LogP contribution in [0.15, 0.2) is 47.7 Å². The average molecular weight is 570 g/mol. The van der Waals surface area contributed by atoms with E-state index >= 15 is 0 Å². The molecule has 0 bridgehead atoms. The van der Waals surface area contributed by atoms with Gasteiger partial charge in [-0.05, 0) is 43.9 Å². The van der Waals surface area contributed by atoms with E-state index < -0.39 is 17.5 Å². The number of anilines is 2. The number of aromatic nitrogens is 2. The zero-order valence-electron chi connectivity index (χ0n) is 22.6. The first-order chi connectivity index (χ1) is 19.8. The minimum Gasteiger partial charge on any atom is -0.493 e. The van der Waals surface area contributed by atoms with Gasteiger partial charge in [0.15, 0.2) is 23.1 Å². The number of methoxy groups -OCH3 is 1. The number of benzene rings is 2. The van der Waals surface area contributed by atoms with Gasteiger partial charge in [-0.25, -0.2) is 13.8 Å². The molecule has 1 aliphatic carbocycles. The van der Waals surface area contributed by atoms with E-state index in [0.717, 1.165) is 31.7 Å². The first-order valence-corrected chi connectivity index (χ1v) is 13.4. The van der Waals surface area contributed by atoms with Crippen LogP contribution in [0.2, 0.25) is 0 Å². The Labute approximate surface area is 235 Å². The molecule has 218 valence electrons. The molecule has 2 aliphatic rings. The fourth-order valence-corrected chi connectivity index (χ4v) is 5.05. The van der Waals surface area contributed by atoms with Crippen LogP contribution < -0.4 is 30.7 Å². The second-order valence-corrected chi connectivity index (χ2v) is 9.99. The number of amidine groups is 1. The van der Waals surface area contributed by atoms with Crippen LogP contribution in [0.4, 0.5) is 25.8 Å². The third-order valence-electron chi connectivity index (χ3n) is 7.11. The number of carbonyl (C=O) groups excluding carboxylic acids is 1. The van der Waals surface area contributed by atoms with Crippen LogP contribution in [0.1, 0.15) is 31.2 Å². The summed E-state index contributed by atoms with van der Waals surface area (Å²) in [7, 11) is 1.52. The lowest BCUT2D eigenvalue weighted by molar-refractivity contribution is -0.118. The Hall–Kier alpha value is -4.23. The van der Waals surface area contributed by atoms with E-state index in [4.69, 9.17) is 20.2 Å². The number of halogens is 2. The lowest BCUT2D eigenvalue weighted by Gasteiger charge is -2.33. The third-order valence-corrected chi connectivity index (χ3v) is 7.11. The minimum atomic E-state index is -1.01. The van der Waals surface area contributed by atoms with Gasteiger partial charge in [0, 0.05) is 24.2 Å². The highest BCUT2D eigenvalue weighted by Gasteiger charge is 2.29. The molecule has 3 aromatic rings. The zero-order chi connectivity index (χ0) is 28.9. The Morgan fingerprint density at radius 3 is 2.80 bits per heavy atom. The summed E-state index contributed by atoms with van der Waals surface area (Å²) in [5.74, 6) is -1.30. The van der Waals surface area contributed by atoms with Crippen molar-refractivity contribution >= 4 is 28.8 Å². The molecule has 5 N–H and O–H groups in total. The number of hydrogen-bond donors (Lipinski definition) is 4. The van der Waals surface area contributed by atoms with Crippen molar-refractivity contribution in [1.29, 1.82) is 0 Å². The second-order valence-electron chi connectivity index (χ2n) is 9.99. The van der Waals surface area contributed by atoms with E-state index in [1.54, 1.807) is 12.1 Å². The van der Waals surface area contributed by atoms with Crippen LogP contribution in [0, 0.1) is 11.6 Å². The highest BCUT2D eigenvalue weighted by atomic mass is 19.2. The van der Waals surface area contributed by atoms with Crippen molar-refractivity contribution < 1.29 is 28.2 Å². The first kappa shape index (κ1) is 28.3. The number of aliphatic hydroxyl groups is 1. The standard InChI is InChI=1S/C28H33F2N7O4/c1-40-24-11-20-22(12-25(24)41-10-9-32-17-5-7-19(38)8-6-17)33-16-37(23-4-2-3-21(29)27(23)30)28(20)35-18-13-34-36(14-18)15-26(31)39/h2-4,11-14,17,19,32-33,38H,5-10,15-16H2,1H3,(H2,31,39). The van der Waals surface area contributed by atoms with Crippen molar-refractivity contribution in [2.75, 3.05) is 37.1 Å². The summed E-state index contributed by atoms with van der Waals surface area (Å²) in [4.78, 5) is 17.5. The second kappa shape index (κ2) is 12.5. The lowest BCUT2D eigenvalue weighted by atomic mass is 9.93. The molecule has 1 aromatic heterocycles. The van der Waals surface area contributed by atoms with E-state index in [-0.39, 0.29) is 25.0 Å². The van der Waals surface area contributed by atoms with Crippen molar-refractivity contribution in [3.8, 4) is 11.5 Å². The normalized spacial score (nSPS) is 19.5. The van der Waals surface area contributed by atoms with Gasteiger partial charge in [-0.2, -0.15) is 5.10 Å². The molecular formula is C28H33F2N7O4. The Kier molecular flexibility index (Phi) is 8.64. The molecule has 0 saturated heterocycles. The van der Waals surface area contributed by atoms with Gasteiger partial charge < -0.3 is 35.8 Å². The Morgan fingerprint density at radius 1 is 1.24 bits per heavy atom. The van der Waals surface area contributed by atoms with Crippen molar-refractivity contribution in [3.63, 3.8) is 0 Å². The van der Waals surface area contributed by atoms with Crippen molar-refractivity contribution in [2.45, 2.75) is 44.4 Å². The summed E-state index contributed by atoms with van der Waals surface area (Å²) in [6.07, 6.45) is 6.24. The Bertz CT molecular complexity index is 1420. The van der Waals surface area contributed by atoms with E-state index in [1.807, 2.05) is 0 Å². The van der Waals surface area contributed by atoms with Crippen LogP contribution in [0.5, 0.6) is 11.5 Å². The minimum absolute atomic E-state index is 0.00738. The molecule has 1 saturated carbocycles. The van der Waals surface area contributed by atoms with Gasteiger partial charge >= 0.3 is 0 Å². The van der Waals surface area contributed by atoms with Crippen LogP contribution in [-0.4, -0.2) is 65.7 Å². The third kappa shape index (κ3) is 6.57. The fourth-order valence-electron chi connectivity index (χ4n) is 5.05. The van der Waals surface area contributed by atoms with Gasteiger partial charge in [0.05, 0.1) is 43.7 Å². The topological polar surface area (TPSA) is 139 Å². The van der Waals surface area contributed by atoms with Gasteiger partial charge in [-0.15, -0.1) is 0 Å². The Morgan fingerprint density at radius 2 is 2.05 bits per heavy atom. The predicted molar refractivity (Wildman–Crippen MR) is 150 cm³/mol. The molecule has 0 unspecified atom stereocenters. The van der Waals surface area contributed by atoms with Crippen LogP contribution in [-0.2, 0) is 11.3 Å². The van der Waals surface area contributed by atoms with Gasteiger partial charge in [-0.3, -0.25) is 9.48 Å². The van der Waals surface area contributed by atoms with Gasteiger partial charge in [0.1, 0.15) is 24.7 Å². The molecule has 2 aromatic carbocycles. The number of aliphatic hydroxyl groups excluding tert-OH is 1. The monoisotopic (exact) mass is 569 g/mol. The molecule has 0 atom stereocenters. The number of rotatable bonds is 10. The number of nitrogens with two attached hydrogens (primary N) is 1. The lowest BCUT2D eigenvalue weighted by Crippen LogP contribution is -2.41. The summed E-state index contributed by atoms with van der Waals surface area (Å²) in [5, 5.41) is 20.5. The van der Waals surface area contributed by atoms with Crippen LogP contribution in [0.25, 0.3) is 0 Å². The molecular weight excluding hydrogens is 536 g/mol. The quantitative estimate of drug-likeness (QED) is 0.274. The molecule has 11 nitrogen and oxygen atoms in total. The first-order valence-electron chi connectivity index (χ1n) is 13.4. The molecule has 0 spiro atoms. The number of ether oxygens (including phenoxy) is 2.